The van der Waals surface area contributed by atoms with E-state index in [9.17, 15) is 4.79 Å². The largest absolute Gasteiger partial charge is 0.350 e. The highest BCUT2D eigenvalue weighted by molar-refractivity contribution is 5.84. The van der Waals surface area contributed by atoms with Crippen LogP contribution in [0.1, 0.15) is 26.3 Å². The van der Waals surface area contributed by atoms with E-state index >= 15 is 0 Å². The number of nitrogens with zero attached hydrogens (tertiary/aromatic N) is 1. The molecule has 0 atom stereocenters. The predicted molar refractivity (Wildman–Crippen MR) is 82.9 cm³/mol. The van der Waals surface area contributed by atoms with Crippen LogP contribution < -0.4 is 10.6 Å². The van der Waals surface area contributed by atoms with Crippen molar-refractivity contribution in [2.24, 2.45) is 7.05 Å². The average molecular weight is 273 g/mol. The van der Waals surface area contributed by atoms with Crippen LogP contribution in [0.4, 0.5) is 4.79 Å². The molecule has 0 spiro atoms. The summed E-state index contributed by atoms with van der Waals surface area (Å²) < 4.78 is 2.12. The lowest BCUT2D eigenvalue weighted by Gasteiger charge is -2.20. The molecule has 4 heteroatoms. The molecule has 0 fully saturated rings. The van der Waals surface area contributed by atoms with Gasteiger partial charge in [-0.05, 0) is 38.8 Å². The number of hydrogen-bond acceptors (Lipinski definition) is 1. The van der Waals surface area contributed by atoms with Gasteiger partial charge in [-0.15, -0.1) is 0 Å². The first-order valence-corrected chi connectivity index (χ1v) is 6.96. The summed E-state index contributed by atoms with van der Waals surface area (Å²) in [5, 5.41) is 7.05. The van der Waals surface area contributed by atoms with Crippen LogP contribution in [0.5, 0.6) is 0 Å². The van der Waals surface area contributed by atoms with Crippen molar-refractivity contribution >= 4 is 16.9 Å². The van der Waals surface area contributed by atoms with Crippen LogP contribution in [-0.2, 0) is 13.5 Å². The van der Waals surface area contributed by atoms with Crippen molar-refractivity contribution in [3.8, 4) is 0 Å². The summed E-state index contributed by atoms with van der Waals surface area (Å²) in [4.78, 5) is 11.7. The third kappa shape index (κ3) is 3.53. The van der Waals surface area contributed by atoms with Gasteiger partial charge in [0.2, 0.25) is 0 Å². The van der Waals surface area contributed by atoms with Crippen LogP contribution in [0.15, 0.2) is 30.5 Å². The van der Waals surface area contributed by atoms with E-state index in [1.165, 1.54) is 16.5 Å². The maximum absolute atomic E-state index is 11.7. The first-order chi connectivity index (χ1) is 9.37. The van der Waals surface area contributed by atoms with Crippen LogP contribution >= 0.6 is 0 Å². The zero-order chi connectivity index (χ0) is 14.8. The Morgan fingerprint density at radius 2 is 1.95 bits per heavy atom. The highest BCUT2D eigenvalue weighted by Crippen LogP contribution is 2.20. The van der Waals surface area contributed by atoms with Crippen LogP contribution in [0.3, 0.4) is 0 Å². The zero-order valence-electron chi connectivity index (χ0n) is 12.7. The molecule has 0 aliphatic carbocycles. The maximum atomic E-state index is 11.7. The Morgan fingerprint density at radius 3 is 2.65 bits per heavy atom. The maximum Gasteiger partial charge on any atom is 0.315 e. The first-order valence-electron chi connectivity index (χ1n) is 6.96. The number of benzene rings is 1. The second kappa shape index (κ2) is 5.57. The quantitative estimate of drug-likeness (QED) is 0.887. The normalized spacial score (nSPS) is 11.6. The molecule has 0 saturated heterocycles. The number of amides is 2. The lowest BCUT2D eigenvalue weighted by molar-refractivity contribution is 0.232. The summed E-state index contributed by atoms with van der Waals surface area (Å²) in [6.07, 6.45) is 2.97. The summed E-state index contributed by atoms with van der Waals surface area (Å²) in [7, 11) is 2.05. The second-order valence-corrected chi connectivity index (χ2v) is 6.16. The molecular weight excluding hydrogens is 250 g/mol. The fraction of sp³-hybridized carbons (Fsp3) is 0.438. The number of nitrogens with one attached hydrogen (secondary N) is 2. The van der Waals surface area contributed by atoms with Gasteiger partial charge in [0.15, 0.2) is 0 Å². The number of aryl methyl sites for hydroxylation is 1. The van der Waals surface area contributed by atoms with Crippen LogP contribution in [0.2, 0.25) is 0 Å². The SMILES string of the molecule is Cn1cc(CCNC(=O)NC(C)(C)C)c2ccccc21. The molecule has 1 aromatic heterocycles. The number of carbonyl (C=O) groups excluding carboxylic acids is 1. The second-order valence-electron chi connectivity index (χ2n) is 6.16. The van der Waals surface area contributed by atoms with Gasteiger partial charge in [-0.2, -0.15) is 0 Å². The molecule has 108 valence electrons. The van der Waals surface area contributed by atoms with Gasteiger partial charge in [0.1, 0.15) is 0 Å². The van der Waals surface area contributed by atoms with Crippen LogP contribution in [0, 0.1) is 0 Å². The van der Waals surface area contributed by atoms with Crippen molar-refractivity contribution in [2.75, 3.05) is 6.54 Å². The summed E-state index contributed by atoms with van der Waals surface area (Å²) in [6.45, 7) is 6.54. The number of carbonyl (C=O) groups is 1. The summed E-state index contributed by atoms with van der Waals surface area (Å²) in [5.74, 6) is 0. The lowest BCUT2D eigenvalue weighted by atomic mass is 10.1. The van der Waals surface area contributed by atoms with Gasteiger partial charge >= 0.3 is 6.03 Å². The third-order valence-electron chi connectivity index (χ3n) is 3.15. The molecule has 1 aromatic carbocycles. The van der Waals surface area contributed by atoms with Gasteiger partial charge in [-0.1, -0.05) is 18.2 Å². The molecule has 0 aliphatic rings. The Bertz CT molecular complexity index is 608. The third-order valence-corrected chi connectivity index (χ3v) is 3.15. The van der Waals surface area contributed by atoms with Gasteiger partial charge in [0.05, 0.1) is 0 Å². The van der Waals surface area contributed by atoms with Crippen LogP contribution in [0.25, 0.3) is 10.9 Å². The summed E-state index contributed by atoms with van der Waals surface area (Å²) in [6, 6.07) is 8.21. The lowest BCUT2D eigenvalue weighted by Crippen LogP contribution is -2.46. The number of aromatic nitrogens is 1. The van der Waals surface area contributed by atoms with E-state index in [0.29, 0.717) is 6.54 Å². The monoisotopic (exact) mass is 273 g/mol. The van der Waals surface area contributed by atoms with E-state index < -0.39 is 0 Å². The first kappa shape index (κ1) is 14.4. The Hall–Kier alpha value is -1.97. The minimum absolute atomic E-state index is 0.113. The molecule has 0 radical (unpaired) electrons. The van der Waals surface area contributed by atoms with E-state index in [-0.39, 0.29) is 11.6 Å². The molecular formula is C16H23N3O. The molecule has 0 bridgehead atoms. The predicted octanol–water partition coefficient (Wildman–Crippen LogP) is 2.82. The van der Waals surface area contributed by atoms with Gasteiger partial charge in [-0.3, -0.25) is 0 Å². The molecule has 0 saturated carbocycles. The molecule has 0 unspecified atom stereocenters. The molecule has 2 aromatic rings. The number of rotatable bonds is 3. The molecule has 1 heterocycles. The van der Waals surface area contributed by atoms with E-state index in [1.54, 1.807) is 0 Å². The number of fused-ring (bicyclic) bond motifs is 1. The zero-order valence-corrected chi connectivity index (χ0v) is 12.7. The Morgan fingerprint density at radius 1 is 1.25 bits per heavy atom. The van der Waals surface area contributed by atoms with Crippen molar-refractivity contribution in [3.05, 3.63) is 36.0 Å². The minimum Gasteiger partial charge on any atom is -0.350 e. The topological polar surface area (TPSA) is 46.1 Å². The summed E-state index contributed by atoms with van der Waals surface area (Å²) in [5.41, 5.74) is 2.28. The van der Waals surface area contributed by atoms with Crippen molar-refractivity contribution in [2.45, 2.75) is 32.7 Å². The van der Waals surface area contributed by atoms with E-state index in [4.69, 9.17) is 0 Å². The molecule has 2 N–H and O–H groups in total. The van der Waals surface area contributed by atoms with Crippen LogP contribution in [-0.4, -0.2) is 22.7 Å². The average Bonchev–Trinajstić information content (AvgIpc) is 2.65. The Labute approximate surface area is 120 Å². The fourth-order valence-electron chi connectivity index (χ4n) is 2.32. The van der Waals surface area contributed by atoms with Gasteiger partial charge in [-0.25, -0.2) is 4.79 Å². The Kier molecular flexibility index (Phi) is 4.02. The highest BCUT2D eigenvalue weighted by atomic mass is 16.2. The van der Waals surface area contributed by atoms with Crippen molar-refractivity contribution in [3.63, 3.8) is 0 Å². The fourth-order valence-corrected chi connectivity index (χ4v) is 2.32. The number of para-hydroxylation sites is 1. The van der Waals surface area contributed by atoms with E-state index in [1.807, 2.05) is 40.0 Å². The van der Waals surface area contributed by atoms with E-state index in [2.05, 4.69) is 33.5 Å². The van der Waals surface area contributed by atoms with Gasteiger partial charge in [0.25, 0.3) is 0 Å². The smallest absolute Gasteiger partial charge is 0.315 e. The van der Waals surface area contributed by atoms with Gasteiger partial charge in [0, 0.05) is 36.2 Å². The molecule has 0 aliphatic heterocycles. The molecule has 2 rings (SSSR count). The summed E-state index contributed by atoms with van der Waals surface area (Å²) >= 11 is 0. The van der Waals surface area contributed by atoms with Crippen molar-refractivity contribution in [1.29, 1.82) is 0 Å². The minimum atomic E-state index is -0.205. The number of hydrogen-bond donors (Lipinski definition) is 2. The highest BCUT2D eigenvalue weighted by Gasteiger charge is 2.13. The molecule has 20 heavy (non-hydrogen) atoms. The number of urea groups is 1. The molecule has 2 amide bonds. The van der Waals surface area contributed by atoms with Crippen molar-refractivity contribution in [1.82, 2.24) is 15.2 Å². The van der Waals surface area contributed by atoms with Crippen molar-refractivity contribution < 1.29 is 4.79 Å². The standard InChI is InChI=1S/C16H23N3O/c1-16(2,3)18-15(20)17-10-9-12-11-19(4)14-8-6-5-7-13(12)14/h5-8,11H,9-10H2,1-4H3,(H2,17,18,20). The van der Waals surface area contributed by atoms with E-state index in [0.717, 1.165) is 6.42 Å². The van der Waals surface area contributed by atoms with Gasteiger partial charge < -0.3 is 15.2 Å². The molecule has 4 nitrogen and oxygen atoms in total. The Balaban J connectivity index is 1.95.